The average Bonchev–Trinajstić information content (AvgIpc) is 2.45. The summed E-state index contributed by atoms with van der Waals surface area (Å²) in [6.45, 7) is 1.96. The fourth-order valence-electron chi connectivity index (χ4n) is 0.782. The predicted molar refractivity (Wildman–Crippen MR) is 54.4 cm³/mol. The van der Waals surface area contributed by atoms with Crippen molar-refractivity contribution in [1.82, 2.24) is 4.98 Å². The summed E-state index contributed by atoms with van der Waals surface area (Å²) in [4.78, 5) is 14.5. The molecule has 5 heteroatoms. The van der Waals surface area contributed by atoms with Crippen LogP contribution in [-0.2, 0) is 4.79 Å². The number of hydrogen-bond acceptors (Lipinski definition) is 4. The van der Waals surface area contributed by atoms with Gasteiger partial charge in [0.2, 0.25) is 0 Å². The second-order valence-corrected chi connectivity index (χ2v) is 4.80. The van der Waals surface area contributed by atoms with Crippen molar-refractivity contribution in [3.05, 3.63) is 11.1 Å². The summed E-state index contributed by atoms with van der Waals surface area (Å²) in [7, 11) is 0. The molecule has 0 aliphatic carbocycles. The number of aromatic nitrogens is 1. The number of thioether (sulfide) groups is 1. The van der Waals surface area contributed by atoms with Gasteiger partial charge in [0.05, 0.1) is 0 Å². The van der Waals surface area contributed by atoms with Crippen LogP contribution in [0.2, 0.25) is 0 Å². The number of aryl methyl sites for hydroxylation is 1. The van der Waals surface area contributed by atoms with E-state index in [9.17, 15) is 4.79 Å². The van der Waals surface area contributed by atoms with Crippen LogP contribution < -0.4 is 0 Å². The first-order valence-electron chi connectivity index (χ1n) is 3.95. The van der Waals surface area contributed by atoms with Crippen molar-refractivity contribution in [1.29, 1.82) is 0 Å². The highest BCUT2D eigenvalue weighted by atomic mass is 32.2. The molecule has 1 N–H and O–H groups in total. The molecule has 1 aromatic rings. The largest absolute Gasteiger partial charge is 0.481 e. The van der Waals surface area contributed by atoms with Crippen LogP contribution in [0.15, 0.2) is 9.72 Å². The maximum absolute atomic E-state index is 10.2. The zero-order valence-corrected chi connectivity index (χ0v) is 8.95. The van der Waals surface area contributed by atoms with Crippen LogP contribution in [0, 0.1) is 6.92 Å². The number of hydrogen-bond donors (Lipinski definition) is 1. The molecule has 0 amide bonds. The molecule has 0 saturated heterocycles. The smallest absolute Gasteiger partial charge is 0.303 e. The minimum atomic E-state index is -0.726. The molecular formula is C8H11NO2S2. The number of carbonyl (C=O) groups is 1. The van der Waals surface area contributed by atoms with Crippen molar-refractivity contribution in [2.24, 2.45) is 0 Å². The third-order valence-corrected chi connectivity index (χ3v) is 3.58. The van der Waals surface area contributed by atoms with Crippen molar-refractivity contribution < 1.29 is 9.90 Å². The molecule has 0 aliphatic heterocycles. The van der Waals surface area contributed by atoms with Gasteiger partial charge in [0.25, 0.3) is 0 Å². The monoisotopic (exact) mass is 217 g/mol. The van der Waals surface area contributed by atoms with Crippen LogP contribution in [-0.4, -0.2) is 21.8 Å². The number of thiazole rings is 1. The van der Waals surface area contributed by atoms with Crippen LogP contribution in [0.4, 0.5) is 0 Å². The summed E-state index contributed by atoms with van der Waals surface area (Å²) in [6, 6.07) is 0. The summed E-state index contributed by atoms with van der Waals surface area (Å²) in [5.74, 6) is 0.107. The van der Waals surface area contributed by atoms with Gasteiger partial charge < -0.3 is 5.11 Å². The Labute approximate surface area is 85.2 Å². The standard InChI is InChI=1S/C8H11NO2S2/c1-6-5-13-8(9-6)12-4-2-3-7(10)11/h5H,2-4H2,1H3,(H,10,11). The molecule has 0 fully saturated rings. The number of carboxylic acid groups (broad SMARTS) is 1. The highest BCUT2D eigenvalue weighted by Gasteiger charge is 2.00. The SMILES string of the molecule is Cc1csc(SCCCC(=O)O)n1. The lowest BCUT2D eigenvalue weighted by molar-refractivity contribution is -0.137. The Morgan fingerprint density at radius 3 is 3.08 bits per heavy atom. The minimum absolute atomic E-state index is 0.247. The molecule has 1 rings (SSSR count). The van der Waals surface area contributed by atoms with Gasteiger partial charge in [-0.15, -0.1) is 11.3 Å². The van der Waals surface area contributed by atoms with Gasteiger partial charge in [-0.2, -0.15) is 0 Å². The van der Waals surface area contributed by atoms with Crippen molar-refractivity contribution in [2.75, 3.05) is 5.75 Å². The van der Waals surface area contributed by atoms with Gasteiger partial charge in [0, 0.05) is 23.2 Å². The first-order valence-corrected chi connectivity index (χ1v) is 5.82. The molecule has 72 valence electrons. The van der Waals surface area contributed by atoms with E-state index in [1.165, 1.54) is 0 Å². The Balaban J connectivity index is 2.16. The second kappa shape index (κ2) is 5.24. The lowest BCUT2D eigenvalue weighted by atomic mass is 10.3. The first-order chi connectivity index (χ1) is 6.18. The van der Waals surface area contributed by atoms with E-state index < -0.39 is 5.97 Å². The van der Waals surface area contributed by atoms with E-state index in [2.05, 4.69) is 4.98 Å². The molecule has 0 atom stereocenters. The van der Waals surface area contributed by atoms with Gasteiger partial charge in [-0.3, -0.25) is 4.79 Å². The van der Waals surface area contributed by atoms with Crippen LogP contribution in [0.25, 0.3) is 0 Å². The molecule has 0 bridgehead atoms. The van der Waals surface area contributed by atoms with Gasteiger partial charge >= 0.3 is 5.97 Å². The van der Waals surface area contributed by atoms with E-state index >= 15 is 0 Å². The minimum Gasteiger partial charge on any atom is -0.481 e. The van der Waals surface area contributed by atoms with E-state index in [0.717, 1.165) is 15.8 Å². The molecule has 0 saturated carbocycles. The number of rotatable bonds is 5. The lowest BCUT2D eigenvalue weighted by Gasteiger charge is -1.94. The summed E-state index contributed by atoms with van der Waals surface area (Å²) in [5, 5.41) is 10.4. The van der Waals surface area contributed by atoms with Crippen LogP contribution in [0.1, 0.15) is 18.5 Å². The average molecular weight is 217 g/mol. The molecule has 0 aromatic carbocycles. The maximum Gasteiger partial charge on any atom is 0.303 e. The predicted octanol–water partition coefficient (Wildman–Crippen LogP) is 2.41. The molecule has 13 heavy (non-hydrogen) atoms. The van der Waals surface area contributed by atoms with Gasteiger partial charge in [-0.05, 0) is 13.3 Å². The molecule has 3 nitrogen and oxygen atoms in total. The van der Waals surface area contributed by atoms with Crippen LogP contribution in [0.5, 0.6) is 0 Å². The van der Waals surface area contributed by atoms with Crippen molar-refractivity contribution in [3.8, 4) is 0 Å². The molecule has 1 heterocycles. The van der Waals surface area contributed by atoms with Crippen LogP contribution >= 0.6 is 23.1 Å². The highest BCUT2D eigenvalue weighted by molar-refractivity contribution is 8.00. The Morgan fingerprint density at radius 2 is 2.54 bits per heavy atom. The summed E-state index contributed by atoms with van der Waals surface area (Å²) in [6.07, 6.45) is 0.954. The molecule has 0 aliphatic rings. The van der Waals surface area contributed by atoms with Crippen molar-refractivity contribution in [2.45, 2.75) is 24.1 Å². The quantitative estimate of drug-likeness (QED) is 0.608. The van der Waals surface area contributed by atoms with Crippen molar-refractivity contribution >= 4 is 29.1 Å². The zero-order valence-electron chi connectivity index (χ0n) is 7.32. The Bertz CT molecular complexity index is 285. The molecule has 0 unspecified atom stereocenters. The molecular weight excluding hydrogens is 206 g/mol. The normalized spacial score (nSPS) is 10.2. The Morgan fingerprint density at radius 1 is 1.77 bits per heavy atom. The summed E-state index contributed by atoms with van der Waals surface area (Å²) in [5.41, 5.74) is 1.03. The fourth-order valence-corrected chi connectivity index (χ4v) is 2.64. The van der Waals surface area contributed by atoms with Gasteiger partial charge in [0.1, 0.15) is 4.34 Å². The third-order valence-electron chi connectivity index (χ3n) is 1.36. The molecule has 0 spiro atoms. The van der Waals surface area contributed by atoms with E-state index in [4.69, 9.17) is 5.11 Å². The Hall–Kier alpha value is -0.550. The number of carboxylic acids is 1. The van der Waals surface area contributed by atoms with Gasteiger partial charge in [-0.25, -0.2) is 4.98 Å². The van der Waals surface area contributed by atoms with E-state index in [0.29, 0.717) is 6.42 Å². The Kier molecular flexibility index (Phi) is 4.24. The van der Waals surface area contributed by atoms with Gasteiger partial charge in [0.15, 0.2) is 0 Å². The maximum atomic E-state index is 10.2. The van der Waals surface area contributed by atoms with E-state index in [1.54, 1.807) is 23.1 Å². The third kappa shape index (κ3) is 4.28. The van der Waals surface area contributed by atoms with Crippen LogP contribution in [0.3, 0.4) is 0 Å². The fraction of sp³-hybridized carbons (Fsp3) is 0.500. The second-order valence-electron chi connectivity index (χ2n) is 2.60. The van der Waals surface area contributed by atoms with Gasteiger partial charge in [-0.1, -0.05) is 11.8 Å². The topological polar surface area (TPSA) is 50.2 Å². The number of nitrogens with zero attached hydrogens (tertiary/aromatic N) is 1. The zero-order chi connectivity index (χ0) is 9.68. The first kappa shape index (κ1) is 10.5. The molecule has 1 aromatic heterocycles. The summed E-state index contributed by atoms with van der Waals surface area (Å²) >= 11 is 3.24. The van der Waals surface area contributed by atoms with E-state index in [-0.39, 0.29) is 6.42 Å². The highest BCUT2D eigenvalue weighted by Crippen LogP contribution is 2.22. The van der Waals surface area contributed by atoms with E-state index in [1.807, 2.05) is 12.3 Å². The molecule has 0 radical (unpaired) electrons. The number of aliphatic carboxylic acids is 1. The van der Waals surface area contributed by atoms with Crippen molar-refractivity contribution in [3.63, 3.8) is 0 Å². The lowest BCUT2D eigenvalue weighted by Crippen LogP contribution is -1.94. The summed E-state index contributed by atoms with van der Waals surface area (Å²) < 4.78 is 1.03.